The number of aliphatic hydroxyl groups excluding tert-OH is 1. The van der Waals surface area contributed by atoms with Gasteiger partial charge in [0.1, 0.15) is 11.6 Å². The van der Waals surface area contributed by atoms with Crippen LogP contribution in [0, 0.1) is 13.8 Å². The second-order valence-corrected chi connectivity index (χ2v) is 6.25. The largest absolute Gasteiger partial charge is 0.509 e. The van der Waals surface area contributed by atoms with E-state index in [1.807, 2.05) is 31.0 Å². The predicted octanol–water partition coefficient (Wildman–Crippen LogP) is 3.35. The Kier molecular flexibility index (Phi) is 4.13. The molecular weight excluding hydrogens is 312 g/mol. The van der Waals surface area contributed by atoms with Crippen molar-refractivity contribution < 1.29 is 5.11 Å². The molecule has 0 spiro atoms. The Morgan fingerprint density at radius 1 is 1.22 bits per heavy atom. The van der Waals surface area contributed by atoms with Gasteiger partial charge in [-0.2, -0.15) is 0 Å². The molecule has 5 nitrogen and oxygen atoms in total. The summed E-state index contributed by atoms with van der Waals surface area (Å²) in [5.74, 6) is 0.962. The van der Waals surface area contributed by atoms with E-state index in [1.54, 1.807) is 6.20 Å². The lowest BCUT2D eigenvalue weighted by Crippen LogP contribution is -2.34. The van der Waals surface area contributed by atoms with E-state index >= 15 is 0 Å². The first kappa shape index (κ1) is 15.6. The lowest BCUT2D eigenvalue weighted by atomic mass is 10.1. The Labute approximate surface area is 140 Å². The maximum absolute atomic E-state index is 9.87. The Morgan fingerprint density at radius 3 is 2.70 bits per heavy atom. The molecular formula is C17H19ClN4O. The third-order valence-electron chi connectivity index (χ3n) is 4.00. The molecule has 0 unspecified atom stereocenters. The zero-order valence-corrected chi connectivity index (χ0v) is 13.9. The standard InChI is InChI=1S/C17H19ClN4O/c1-10-5-11(2)17(21-7-10)12-6-16(20-8-13(12)18)22-4-3-14(19)15(23)9-22/h5-8,23H,3-4,9,19H2,1-2H3. The molecule has 0 aromatic carbocycles. The van der Waals surface area contributed by atoms with E-state index in [0.29, 0.717) is 30.2 Å². The molecule has 120 valence electrons. The number of aliphatic hydroxyl groups is 1. The van der Waals surface area contributed by atoms with E-state index in [-0.39, 0.29) is 5.76 Å². The maximum Gasteiger partial charge on any atom is 0.130 e. The summed E-state index contributed by atoms with van der Waals surface area (Å²) in [6.07, 6.45) is 4.08. The highest BCUT2D eigenvalue weighted by Gasteiger charge is 2.19. The van der Waals surface area contributed by atoms with Gasteiger partial charge in [-0.1, -0.05) is 17.7 Å². The van der Waals surface area contributed by atoms with Crippen molar-refractivity contribution in [2.75, 3.05) is 18.0 Å². The van der Waals surface area contributed by atoms with E-state index in [0.717, 1.165) is 28.2 Å². The van der Waals surface area contributed by atoms with Crippen LogP contribution < -0.4 is 10.6 Å². The maximum atomic E-state index is 9.87. The smallest absolute Gasteiger partial charge is 0.130 e. The number of nitrogens with two attached hydrogens (primary N) is 1. The van der Waals surface area contributed by atoms with Crippen LogP contribution in [0.4, 0.5) is 5.82 Å². The van der Waals surface area contributed by atoms with Gasteiger partial charge in [0.2, 0.25) is 0 Å². The molecule has 0 amide bonds. The van der Waals surface area contributed by atoms with E-state index in [4.69, 9.17) is 17.3 Å². The van der Waals surface area contributed by atoms with Crippen molar-refractivity contribution in [2.24, 2.45) is 5.73 Å². The van der Waals surface area contributed by atoms with Crippen molar-refractivity contribution in [3.8, 4) is 11.3 Å². The summed E-state index contributed by atoms with van der Waals surface area (Å²) in [5, 5.41) is 10.4. The lowest BCUT2D eigenvalue weighted by molar-refractivity contribution is 0.378. The van der Waals surface area contributed by atoms with Crippen molar-refractivity contribution in [3.63, 3.8) is 0 Å². The van der Waals surface area contributed by atoms with E-state index in [2.05, 4.69) is 16.0 Å². The average molecular weight is 331 g/mol. The van der Waals surface area contributed by atoms with Crippen LogP contribution >= 0.6 is 11.6 Å². The third-order valence-corrected chi connectivity index (χ3v) is 4.30. The fraction of sp³-hybridized carbons (Fsp3) is 0.294. The molecule has 3 N–H and O–H groups in total. The quantitative estimate of drug-likeness (QED) is 0.883. The van der Waals surface area contributed by atoms with Gasteiger partial charge in [0, 0.05) is 36.6 Å². The summed E-state index contributed by atoms with van der Waals surface area (Å²) in [5.41, 5.74) is 10.2. The molecule has 2 aromatic rings. The third kappa shape index (κ3) is 3.10. The highest BCUT2D eigenvalue weighted by molar-refractivity contribution is 6.33. The van der Waals surface area contributed by atoms with Gasteiger partial charge in [0.25, 0.3) is 0 Å². The molecule has 3 heterocycles. The highest BCUT2D eigenvalue weighted by atomic mass is 35.5. The molecule has 0 saturated carbocycles. The van der Waals surface area contributed by atoms with Gasteiger partial charge in [0.15, 0.2) is 0 Å². The van der Waals surface area contributed by atoms with Gasteiger partial charge >= 0.3 is 0 Å². The first-order chi connectivity index (χ1) is 11.0. The van der Waals surface area contributed by atoms with E-state index < -0.39 is 0 Å². The molecule has 0 atom stereocenters. The number of halogens is 1. The first-order valence-corrected chi connectivity index (χ1v) is 7.84. The van der Waals surface area contributed by atoms with Gasteiger partial charge in [-0.15, -0.1) is 0 Å². The molecule has 1 aliphatic heterocycles. The average Bonchev–Trinajstić information content (AvgIpc) is 2.51. The topological polar surface area (TPSA) is 75.3 Å². The zero-order chi connectivity index (χ0) is 16.6. The lowest BCUT2D eigenvalue weighted by Gasteiger charge is -2.28. The summed E-state index contributed by atoms with van der Waals surface area (Å²) in [4.78, 5) is 10.9. The second-order valence-electron chi connectivity index (χ2n) is 5.84. The Balaban J connectivity index is 2.00. The Hall–Kier alpha value is -2.27. The second kappa shape index (κ2) is 6.08. The first-order valence-electron chi connectivity index (χ1n) is 7.46. The summed E-state index contributed by atoms with van der Waals surface area (Å²) in [7, 11) is 0. The van der Waals surface area contributed by atoms with E-state index in [1.165, 1.54) is 0 Å². The fourth-order valence-corrected chi connectivity index (χ4v) is 2.93. The predicted molar refractivity (Wildman–Crippen MR) is 92.6 cm³/mol. The molecule has 2 aromatic heterocycles. The van der Waals surface area contributed by atoms with E-state index in [9.17, 15) is 5.11 Å². The number of aryl methyl sites for hydroxylation is 2. The van der Waals surface area contributed by atoms with Crippen LogP contribution in [0.1, 0.15) is 17.5 Å². The van der Waals surface area contributed by atoms with Gasteiger partial charge in [-0.05, 0) is 31.0 Å². The van der Waals surface area contributed by atoms with Crippen molar-refractivity contribution in [1.29, 1.82) is 0 Å². The molecule has 0 radical (unpaired) electrons. The SMILES string of the molecule is Cc1cnc(-c2cc(N3CCC(N)=C(O)C3)ncc2Cl)c(C)c1. The minimum atomic E-state index is 0.208. The Bertz CT molecular complexity index is 788. The number of nitrogens with zero attached hydrogens (tertiary/aromatic N) is 3. The van der Waals surface area contributed by atoms with Crippen molar-refractivity contribution in [3.05, 3.63) is 52.1 Å². The zero-order valence-electron chi connectivity index (χ0n) is 13.2. The van der Waals surface area contributed by atoms with Gasteiger partial charge < -0.3 is 15.7 Å². The number of aromatic nitrogens is 2. The van der Waals surface area contributed by atoms with Crippen molar-refractivity contribution in [2.45, 2.75) is 20.3 Å². The number of hydrogen-bond donors (Lipinski definition) is 2. The molecule has 1 aliphatic rings. The van der Waals surface area contributed by atoms with Crippen LogP contribution in [0.25, 0.3) is 11.3 Å². The highest BCUT2D eigenvalue weighted by Crippen LogP contribution is 2.32. The summed E-state index contributed by atoms with van der Waals surface area (Å²) >= 11 is 6.33. The molecule has 23 heavy (non-hydrogen) atoms. The summed E-state index contributed by atoms with van der Waals surface area (Å²) < 4.78 is 0. The van der Waals surface area contributed by atoms with Crippen LogP contribution in [0.15, 0.2) is 36.0 Å². The molecule has 0 aliphatic carbocycles. The number of anilines is 1. The number of rotatable bonds is 2. The molecule has 6 heteroatoms. The summed E-state index contributed by atoms with van der Waals surface area (Å²) in [6.45, 7) is 5.10. The number of pyridine rings is 2. The molecule has 0 fully saturated rings. The van der Waals surface area contributed by atoms with Gasteiger partial charge in [0.05, 0.1) is 17.3 Å². The van der Waals surface area contributed by atoms with Crippen molar-refractivity contribution in [1.82, 2.24) is 9.97 Å². The molecule has 0 saturated heterocycles. The van der Waals surface area contributed by atoms with Crippen LogP contribution in [0.3, 0.4) is 0 Å². The van der Waals surface area contributed by atoms with Crippen LogP contribution in [-0.2, 0) is 0 Å². The monoisotopic (exact) mass is 330 g/mol. The van der Waals surface area contributed by atoms with Crippen LogP contribution in [0.5, 0.6) is 0 Å². The summed E-state index contributed by atoms with van der Waals surface area (Å²) in [6, 6.07) is 4.00. The number of hydrogen-bond acceptors (Lipinski definition) is 5. The minimum Gasteiger partial charge on any atom is -0.509 e. The minimum absolute atomic E-state index is 0.208. The van der Waals surface area contributed by atoms with Gasteiger partial charge in [-0.25, -0.2) is 4.98 Å². The van der Waals surface area contributed by atoms with Crippen LogP contribution in [-0.4, -0.2) is 28.2 Å². The van der Waals surface area contributed by atoms with Gasteiger partial charge in [-0.3, -0.25) is 4.98 Å². The molecule has 0 bridgehead atoms. The van der Waals surface area contributed by atoms with Crippen LogP contribution in [0.2, 0.25) is 5.02 Å². The Morgan fingerprint density at radius 2 is 2.00 bits per heavy atom. The fourth-order valence-electron chi connectivity index (χ4n) is 2.74. The molecule has 3 rings (SSSR count). The normalized spacial score (nSPS) is 15.2. The van der Waals surface area contributed by atoms with Crippen molar-refractivity contribution >= 4 is 17.4 Å².